The molecule has 0 aliphatic carbocycles. The molecule has 1 heterocycles. The number of nitrogens with zero attached hydrogens (tertiary/aromatic N) is 1. The molecular weight excluding hydrogens is 388 g/mol. The van der Waals surface area contributed by atoms with Crippen molar-refractivity contribution in [3.8, 4) is 5.75 Å². The van der Waals surface area contributed by atoms with Crippen LogP contribution in [0.4, 0.5) is 5.69 Å². The van der Waals surface area contributed by atoms with Gasteiger partial charge in [0.25, 0.3) is 5.91 Å². The SMILES string of the molecule is CC[C@@H](C)C(=O)N[C@H]1COc2ccccc2N(Cc2c(C)ccc3ccccc23)C1=O. The third-order valence-corrected chi connectivity index (χ3v) is 6.09. The van der Waals surface area contributed by atoms with Crippen molar-refractivity contribution in [1.82, 2.24) is 5.32 Å². The molecule has 4 rings (SSSR count). The zero-order valence-corrected chi connectivity index (χ0v) is 18.2. The van der Waals surface area contributed by atoms with Gasteiger partial charge in [-0.1, -0.05) is 62.4 Å². The van der Waals surface area contributed by atoms with Gasteiger partial charge >= 0.3 is 0 Å². The van der Waals surface area contributed by atoms with Crippen LogP contribution < -0.4 is 15.0 Å². The first-order valence-electron chi connectivity index (χ1n) is 10.8. The molecule has 31 heavy (non-hydrogen) atoms. The molecule has 0 bridgehead atoms. The maximum atomic E-state index is 13.6. The van der Waals surface area contributed by atoms with Gasteiger partial charge in [0.1, 0.15) is 18.4 Å². The number of carbonyl (C=O) groups is 2. The molecular formula is C26H28N2O3. The number of hydrogen-bond donors (Lipinski definition) is 1. The quantitative estimate of drug-likeness (QED) is 0.661. The van der Waals surface area contributed by atoms with E-state index in [1.54, 1.807) is 4.90 Å². The summed E-state index contributed by atoms with van der Waals surface area (Å²) in [6.07, 6.45) is 0.715. The minimum atomic E-state index is -0.732. The molecule has 2 atom stereocenters. The molecule has 2 amide bonds. The van der Waals surface area contributed by atoms with E-state index in [1.807, 2.05) is 50.2 Å². The molecule has 0 spiro atoms. The second kappa shape index (κ2) is 8.80. The van der Waals surface area contributed by atoms with Gasteiger partial charge in [-0.3, -0.25) is 9.59 Å². The van der Waals surface area contributed by atoms with E-state index in [2.05, 4.69) is 36.5 Å². The van der Waals surface area contributed by atoms with Crippen molar-refractivity contribution in [2.24, 2.45) is 5.92 Å². The lowest BCUT2D eigenvalue weighted by Crippen LogP contribution is -2.51. The topological polar surface area (TPSA) is 58.6 Å². The maximum Gasteiger partial charge on any atom is 0.253 e. The Kier molecular flexibility index (Phi) is 5.94. The molecule has 5 nitrogen and oxygen atoms in total. The summed E-state index contributed by atoms with van der Waals surface area (Å²) in [6, 6.07) is 19.2. The second-order valence-corrected chi connectivity index (χ2v) is 8.16. The summed E-state index contributed by atoms with van der Waals surface area (Å²) in [5.74, 6) is 0.201. The minimum Gasteiger partial charge on any atom is -0.489 e. The van der Waals surface area contributed by atoms with Crippen LogP contribution in [-0.4, -0.2) is 24.5 Å². The Balaban J connectivity index is 1.74. The molecule has 0 radical (unpaired) electrons. The molecule has 1 N–H and O–H groups in total. The first kappa shape index (κ1) is 20.9. The first-order valence-corrected chi connectivity index (χ1v) is 10.8. The number of hydrogen-bond acceptors (Lipinski definition) is 3. The molecule has 0 unspecified atom stereocenters. The molecule has 0 fully saturated rings. The molecule has 3 aromatic rings. The molecule has 1 aliphatic heterocycles. The van der Waals surface area contributed by atoms with Crippen LogP contribution in [-0.2, 0) is 16.1 Å². The molecule has 0 saturated heterocycles. The van der Waals surface area contributed by atoms with Crippen LogP contribution in [0.15, 0.2) is 60.7 Å². The van der Waals surface area contributed by atoms with E-state index in [0.29, 0.717) is 18.7 Å². The molecule has 0 saturated carbocycles. The largest absolute Gasteiger partial charge is 0.489 e. The minimum absolute atomic E-state index is 0.114. The fraction of sp³-hybridized carbons (Fsp3) is 0.308. The lowest BCUT2D eigenvalue weighted by atomic mass is 9.99. The van der Waals surface area contributed by atoms with Gasteiger partial charge in [-0.15, -0.1) is 0 Å². The number of aryl methyl sites for hydroxylation is 1. The fourth-order valence-electron chi connectivity index (χ4n) is 3.93. The van der Waals surface area contributed by atoms with Gasteiger partial charge in [0.05, 0.1) is 12.2 Å². The van der Waals surface area contributed by atoms with E-state index in [4.69, 9.17) is 4.74 Å². The van der Waals surface area contributed by atoms with E-state index in [0.717, 1.165) is 27.6 Å². The normalized spacial score (nSPS) is 16.9. The highest BCUT2D eigenvalue weighted by atomic mass is 16.5. The van der Waals surface area contributed by atoms with Crippen LogP contribution >= 0.6 is 0 Å². The van der Waals surface area contributed by atoms with Gasteiger partial charge in [0, 0.05) is 5.92 Å². The lowest BCUT2D eigenvalue weighted by molar-refractivity contribution is -0.130. The van der Waals surface area contributed by atoms with Crippen LogP contribution in [0, 0.1) is 12.8 Å². The maximum absolute atomic E-state index is 13.6. The van der Waals surface area contributed by atoms with E-state index >= 15 is 0 Å². The van der Waals surface area contributed by atoms with Gasteiger partial charge in [-0.2, -0.15) is 0 Å². The number of benzene rings is 3. The van der Waals surface area contributed by atoms with Crippen molar-refractivity contribution in [3.05, 3.63) is 71.8 Å². The number of amides is 2. The van der Waals surface area contributed by atoms with Crippen LogP contribution in [0.2, 0.25) is 0 Å². The van der Waals surface area contributed by atoms with Gasteiger partial charge in [-0.25, -0.2) is 0 Å². The van der Waals surface area contributed by atoms with Crippen LogP contribution in [0.1, 0.15) is 31.4 Å². The van der Waals surface area contributed by atoms with Crippen molar-refractivity contribution < 1.29 is 14.3 Å². The molecule has 0 aromatic heterocycles. The van der Waals surface area contributed by atoms with E-state index in [-0.39, 0.29) is 24.3 Å². The highest BCUT2D eigenvalue weighted by Crippen LogP contribution is 2.34. The summed E-state index contributed by atoms with van der Waals surface area (Å²) in [7, 11) is 0. The van der Waals surface area contributed by atoms with Crippen molar-refractivity contribution in [1.29, 1.82) is 0 Å². The zero-order chi connectivity index (χ0) is 22.0. The number of fused-ring (bicyclic) bond motifs is 2. The Morgan fingerprint density at radius 2 is 1.87 bits per heavy atom. The van der Waals surface area contributed by atoms with Crippen molar-refractivity contribution in [2.75, 3.05) is 11.5 Å². The molecule has 5 heteroatoms. The lowest BCUT2D eigenvalue weighted by Gasteiger charge is -2.26. The Morgan fingerprint density at radius 1 is 1.13 bits per heavy atom. The summed E-state index contributed by atoms with van der Waals surface area (Å²) in [5, 5.41) is 5.17. The predicted molar refractivity (Wildman–Crippen MR) is 123 cm³/mol. The summed E-state index contributed by atoms with van der Waals surface area (Å²) in [6.45, 7) is 6.41. The Labute approximate surface area is 183 Å². The van der Waals surface area contributed by atoms with Gasteiger partial charge in [0.15, 0.2) is 0 Å². The van der Waals surface area contributed by atoms with Gasteiger partial charge in [0.2, 0.25) is 5.91 Å². The fourth-order valence-corrected chi connectivity index (χ4v) is 3.93. The summed E-state index contributed by atoms with van der Waals surface area (Å²) in [5.41, 5.74) is 2.93. The number of ether oxygens (including phenoxy) is 1. The second-order valence-electron chi connectivity index (χ2n) is 8.16. The standard InChI is InChI=1S/C26H28N2O3/c1-4-17(2)25(29)27-22-16-31-24-12-8-7-11-23(24)28(26(22)30)15-21-18(3)13-14-19-9-5-6-10-20(19)21/h5-14,17,22H,4,15-16H2,1-3H3,(H,27,29)/t17-,22+/m1/s1. The molecule has 160 valence electrons. The van der Waals surface area contributed by atoms with Crippen molar-refractivity contribution >= 4 is 28.3 Å². The summed E-state index contributed by atoms with van der Waals surface area (Å²) in [4.78, 5) is 27.9. The van der Waals surface area contributed by atoms with E-state index in [9.17, 15) is 9.59 Å². The summed E-state index contributed by atoms with van der Waals surface area (Å²) < 4.78 is 5.95. The van der Waals surface area contributed by atoms with Crippen molar-refractivity contribution in [3.63, 3.8) is 0 Å². The highest BCUT2D eigenvalue weighted by Gasteiger charge is 2.33. The number of carbonyl (C=O) groups excluding carboxylic acids is 2. The Hall–Kier alpha value is -3.34. The average molecular weight is 417 g/mol. The third-order valence-electron chi connectivity index (χ3n) is 6.09. The number of para-hydroxylation sites is 2. The van der Waals surface area contributed by atoms with Gasteiger partial charge < -0.3 is 15.0 Å². The van der Waals surface area contributed by atoms with E-state index in [1.165, 1.54) is 0 Å². The number of rotatable bonds is 5. The van der Waals surface area contributed by atoms with Gasteiger partial charge in [-0.05, 0) is 47.4 Å². The summed E-state index contributed by atoms with van der Waals surface area (Å²) >= 11 is 0. The first-order chi connectivity index (χ1) is 15.0. The third kappa shape index (κ3) is 4.13. The number of anilines is 1. The van der Waals surface area contributed by atoms with Crippen LogP contribution in [0.5, 0.6) is 5.75 Å². The van der Waals surface area contributed by atoms with Crippen LogP contribution in [0.3, 0.4) is 0 Å². The highest BCUT2D eigenvalue weighted by molar-refractivity contribution is 6.01. The van der Waals surface area contributed by atoms with Crippen LogP contribution in [0.25, 0.3) is 10.8 Å². The molecule has 3 aromatic carbocycles. The predicted octanol–water partition coefficient (Wildman–Crippen LogP) is 4.60. The number of nitrogens with one attached hydrogen (secondary N) is 1. The van der Waals surface area contributed by atoms with Crippen molar-refractivity contribution in [2.45, 2.75) is 39.8 Å². The average Bonchev–Trinajstić information content (AvgIpc) is 2.92. The smallest absolute Gasteiger partial charge is 0.253 e. The molecule has 1 aliphatic rings. The Bertz CT molecular complexity index is 1120. The zero-order valence-electron chi connectivity index (χ0n) is 18.2. The monoisotopic (exact) mass is 416 g/mol. The van der Waals surface area contributed by atoms with E-state index < -0.39 is 6.04 Å². The Morgan fingerprint density at radius 3 is 2.68 bits per heavy atom.